The fourth-order valence-electron chi connectivity index (χ4n) is 3.46. The molecule has 5 nitrogen and oxygen atoms in total. The van der Waals surface area contributed by atoms with Gasteiger partial charge in [0.05, 0.1) is 5.39 Å². The summed E-state index contributed by atoms with van der Waals surface area (Å²) in [5.41, 5.74) is 2.90. The predicted octanol–water partition coefficient (Wildman–Crippen LogP) is 3.72. The van der Waals surface area contributed by atoms with Crippen molar-refractivity contribution in [2.24, 2.45) is 0 Å². The molecule has 7 heteroatoms. The average molecular weight is 389 g/mol. The van der Waals surface area contributed by atoms with Crippen LogP contribution in [0.4, 0.5) is 5.95 Å². The Labute approximate surface area is 161 Å². The van der Waals surface area contributed by atoms with Gasteiger partial charge in [-0.2, -0.15) is 0 Å². The Balaban J connectivity index is 1.85. The molecule has 0 unspecified atom stereocenters. The highest BCUT2D eigenvalue weighted by Crippen LogP contribution is 2.37. The highest BCUT2D eigenvalue weighted by Gasteiger charge is 2.19. The molecule has 0 saturated carbocycles. The van der Waals surface area contributed by atoms with Crippen LogP contribution in [-0.2, 0) is 0 Å². The highest BCUT2D eigenvalue weighted by molar-refractivity contribution is 7.19. The molecule has 0 aliphatic carbocycles. The number of aryl methyl sites for hydroxylation is 2. The molecular formula is C19H21ClN4OS. The van der Waals surface area contributed by atoms with E-state index in [1.54, 1.807) is 11.3 Å². The van der Waals surface area contributed by atoms with Crippen LogP contribution < -0.4 is 15.8 Å². The second-order valence-electron chi connectivity index (χ2n) is 6.66. The molecule has 1 fully saturated rings. The van der Waals surface area contributed by atoms with Gasteiger partial charge in [-0.3, -0.25) is 9.78 Å². The minimum Gasteiger partial charge on any atom is -0.341 e. The van der Waals surface area contributed by atoms with Crippen molar-refractivity contribution in [3.8, 4) is 11.1 Å². The summed E-state index contributed by atoms with van der Waals surface area (Å²) in [4.78, 5) is 24.8. The van der Waals surface area contributed by atoms with E-state index in [2.05, 4.69) is 15.2 Å². The van der Waals surface area contributed by atoms with Crippen molar-refractivity contribution in [3.63, 3.8) is 0 Å². The molecule has 26 heavy (non-hydrogen) atoms. The zero-order valence-electron chi connectivity index (χ0n) is 14.9. The first kappa shape index (κ1) is 17.5. The Morgan fingerprint density at radius 1 is 1.23 bits per heavy atom. The van der Waals surface area contributed by atoms with Crippen LogP contribution in [0.5, 0.6) is 0 Å². The molecule has 0 bridgehead atoms. The van der Waals surface area contributed by atoms with Crippen LogP contribution in [0.1, 0.15) is 16.9 Å². The number of hydrogen-bond acceptors (Lipinski definition) is 5. The first-order valence-corrected chi connectivity index (χ1v) is 9.99. The molecule has 1 aliphatic rings. The number of rotatable bonds is 2. The molecular weight excluding hydrogens is 368 g/mol. The minimum atomic E-state index is -0.0749. The summed E-state index contributed by atoms with van der Waals surface area (Å²) < 4.78 is 0. The lowest BCUT2D eigenvalue weighted by molar-refractivity contribution is 0.724. The number of thiophene rings is 1. The number of aromatic nitrogens is 2. The standard InChI is InChI=1S/C19H21ClN4OS/c1-11-10-13(4-5-14(11)20)15-12(2)26-18-16(15)17(25)22-19(23-18)24-8-3-6-21-7-9-24/h4-5,10,21H,3,6-9H2,1-2H3,(H,22,23,25). The van der Waals surface area contributed by atoms with Crippen molar-refractivity contribution in [1.82, 2.24) is 15.3 Å². The zero-order valence-corrected chi connectivity index (χ0v) is 16.4. The molecule has 1 aromatic carbocycles. The van der Waals surface area contributed by atoms with Crippen LogP contribution in [0.2, 0.25) is 5.02 Å². The van der Waals surface area contributed by atoms with Crippen molar-refractivity contribution in [2.75, 3.05) is 31.1 Å². The zero-order chi connectivity index (χ0) is 18.3. The third-order valence-electron chi connectivity index (χ3n) is 4.81. The topological polar surface area (TPSA) is 61.0 Å². The lowest BCUT2D eigenvalue weighted by Crippen LogP contribution is -2.31. The van der Waals surface area contributed by atoms with Gasteiger partial charge in [-0.25, -0.2) is 4.98 Å². The lowest BCUT2D eigenvalue weighted by Gasteiger charge is -2.20. The molecule has 0 spiro atoms. The third-order valence-corrected chi connectivity index (χ3v) is 6.23. The molecule has 3 aromatic rings. The Hall–Kier alpha value is -1.89. The third kappa shape index (κ3) is 3.13. The number of benzene rings is 1. The highest BCUT2D eigenvalue weighted by atomic mass is 35.5. The number of hydrogen-bond donors (Lipinski definition) is 2. The van der Waals surface area contributed by atoms with Crippen molar-refractivity contribution >= 4 is 39.1 Å². The Bertz CT molecular complexity index is 1020. The van der Waals surface area contributed by atoms with Gasteiger partial charge in [0.2, 0.25) is 5.95 Å². The number of anilines is 1. The van der Waals surface area contributed by atoms with Gasteiger partial charge in [0.15, 0.2) is 0 Å². The predicted molar refractivity (Wildman–Crippen MR) is 110 cm³/mol. The van der Waals surface area contributed by atoms with Crippen molar-refractivity contribution < 1.29 is 0 Å². The van der Waals surface area contributed by atoms with E-state index in [4.69, 9.17) is 16.6 Å². The van der Waals surface area contributed by atoms with Gasteiger partial charge in [0.1, 0.15) is 4.83 Å². The monoisotopic (exact) mass is 388 g/mol. The molecule has 1 saturated heterocycles. The van der Waals surface area contributed by atoms with E-state index in [1.165, 1.54) is 0 Å². The maximum Gasteiger partial charge on any atom is 0.261 e. The molecule has 0 amide bonds. The fraction of sp³-hybridized carbons (Fsp3) is 0.368. The van der Waals surface area contributed by atoms with E-state index >= 15 is 0 Å². The number of nitrogens with zero attached hydrogens (tertiary/aromatic N) is 2. The Morgan fingerprint density at radius 3 is 2.88 bits per heavy atom. The van der Waals surface area contributed by atoms with Crippen molar-refractivity contribution in [2.45, 2.75) is 20.3 Å². The largest absolute Gasteiger partial charge is 0.341 e. The van der Waals surface area contributed by atoms with Crippen LogP contribution in [0.3, 0.4) is 0 Å². The second-order valence-corrected chi connectivity index (χ2v) is 8.27. The summed E-state index contributed by atoms with van der Waals surface area (Å²) >= 11 is 7.74. The molecule has 0 radical (unpaired) electrons. The van der Waals surface area contributed by atoms with E-state index in [9.17, 15) is 4.79 Å². The van der Waals surface area contributed by atoms with Crippen molar-refractivity contribution in [3.05, 3.63) is 44.0 Å². The van der Waals surface area contributed by atoms with Crippen LogP contribution >= 0.6 is 22.9 Å². The minimum absolute atomic E-state index is 0.0749. The average Bonchev–Trinajstić information content (AvgIpc) is 2.79. The Kier molecular flexibility index (Phi) is 4.73. The van der Waals surface area contributed by atoms with Crippen LogP contribution in [-0.4, -0.2) is 36.1 Å². The molecule has 136 valence electrons. The second kappa shape index (κ2) is 7.02. The van der Waals surface area contributed by atoms with E-state index in [0.29, 0.717) is 11.3 Å². The van der Waals surface area contributed by atoms with Gasteiger partial charge in [0, 0.05) is 35.1 Å². The van der Waals surface area contributed by atoms with E-state index in [0.717, 1.165) is 64.0 Å². The van der Waals surface area contributed by atoms with Crippen LogP contribution in [0.15, 0.2) is 23.0 Å². The molecule has 1 aliphatic heterocycles. The first-order valence-electron chi connectivity index (χ1n) is 8.80. The summed E-state index contributed by atoms with van der Waals surface area (Å²) in [5.74, 6) is 0.672. The summed E-state index contributed by atoms with van der Waals surface area (Å²) in [6.45, 7) is 7.67. The molecule has 0 atom stereocenters. The number of H-pyrrole nitrogens is 1. The van der Waals surface area contributed by atoms with E-state index in [-0.39, 0.29) is 5.56 Å². The SMILES string of the molecule is Cc1cc(-c2c(C)sc3nc(N4CCCNCC4)[nH]c(=O)c23)ccc1Cl. The normalized spacial score (nSPS) is 15.4. The summed E-state index contributed by atoms with van der Waals surface area (Å²) in [5, 5.41) is 4.78. The summed E-state index contributed by atoms with van der Waals surface area (Å²) in [6.07, 6.45) is 1.04. The van der Waals surface area contributed by atoms with Gasteiger partial charge in [0.25, 0.3) is 5.56 Å². The molecule has 2 N–H and O–H groups in total. The van der Waals surface area contributed by atoms with Gasteiger partial charge in [-0.15, -0.1) is 11.3 Å². The maximum atomic E-state index is 12.9. The van der Waals surface area contributed by atoms with Crippen LogP contribution in [0, 0.1) is 13.8 Å². The quantitative estimate of drug-likeness (QED) is 0.702. The first-order chi connectivity index (χ1) is 12.5. The molecule has 3 heterocycles. The molecule has 2 aromatic heterocycles. The fourth-order valence-corrected chi connectivity index (χ4v) is 4.62. The van der Waals surface area contributed by atoms with Gasteiger partial charge in [-0.05, 0) is 50.1 Å². The van der Waals surface area contributed by atoms with Gasteiger partial charge >= 0.3 is 0 Å². The van der Waals surface area contributed by atoms with Crippen molar-refractivity contribution in [1.29, 1.82) is 0 Å². The van der Waals surface area contributed by atoms with Gasteiger partial charge in [-0.1, -0.05) is 17.7 Å². The molecule has 4 rings (SSSR count). The number of fused-ring (bicyclic) bond motifs is 1. The number of aromatic amines is 1. The lowest BCUT2D eigenvalue weighted by atomic mass is 10.0. The smallest absolute Gasteiger partial charge is 0.261 e. The Morgan fingerprint density at radius 2 is 2.08 bits per heavy atom. The number of nitrogens with one attached hydrogen (secondary N) is 2. The summed E-state index contributed by atoms with van der Waals surface area (Å²) in [6, 6.07) is 5.89. The van der Waals surface area contributed by atoms with E-state index in [1.807, 2.05) is 32.0 Å². The maximum absolute atomic E-state index is 12.9. The summed E-state index contributed by atoms with van der Waals surface area (Å²) in [7, 11) is 0. The van der Waals surface area contributed by atoms with Crippen LogP contribution in [0.25, 0.3) is 21.3 Å². The number of halogens is 1. The van der Waals surface area contributed by atoms with Gasteiger partial charge < -0.3 is 10.2 Å². The van der Waals surface area contributed by atoms with E-state index < -0.39 is 0 Å².